The van der Waals surface area contributed by atoms with E-state index in [2.05, 4.69) is 10.3 Å². The maximum Gasteiger partial charge on any atom is 0.242 e. The van der Waals surface area contributed by atoms with Crippen LogP contribution in [0, 0.1) is 11.7 Å². The summed E-state index contributed by atoms with van der Waals surface area (Å²) < 4.78 is 12.5. The zero-order valence-corrected chi connectivity index (χ0v) is 8.70. The van der Waals surface area contributed by atoms with Crippen molar-refractivity contribution < 1.29 is 9.18 Å². The molecule has 3 N–H and O–H groups in total. The van der Waals surface area contributed by atoms with Crippen LogP contribution >= 0.6 is 0 Å². The van der Waals surface area contributed by atoms with Gasteiger partial charge < -0.3 is 11.1 Å². The van der Waals surface area contributed by atoms with Crippen molar-refractivity contribution in [2.24, 2.45) is 11.7 Å². The first-order valence-electron chi connectivity index (χ1n) is 4.68. The molecule has 0 aliphatic heterocycles. The standard InChI is InChI=1S/C10H14FN3O/c1-6(2)9(12)10(15)14-8-4-3-7(11)5-13-8/h3-6,9H,12H2,1-2H3,(H,13,14,15)/t9-/m1/s1. The molecule has 0 unspecified atom stereocenters. The van der Waals surface area contributed by atoms with Gasteiger partial charge in [-0.15, -0.1) is 0 Å². The van der Waals surface area contributed by atoms with Crippen molar-refractivity contribution in [3.05, 3.63) is 24.1 Å². The molecule has 0 aromatic carbocycles. The van der Waals surface area contributed by atoms with E-state index in [1.54, 1.807) is 0 Å². The number of carbonyl (C=O) groups is 1. The second-order valence-electron chi connectivity index (χ2n) is 3.62. The lowest BCUT2D eigenvalue weighted by atomic mass is 10.1. The molecule has 15 heavy (non-hydrogen) atoms. The summed E-state index contributed by atoms with van der Waals surface area (Å²) in [4.78, 5) is 15.2. The van der Waals surface area contributed by atoms with E-state index < -0.39 is 11.9 Å². The number of nitrogens with one attached hydrogen (secondary N) is 1. The second-order valence-corrected chi connectivity index (χ2v) is 3.62. The van der Waals surface area contributed by atoms with E-state index in [-0.39, 0.29) is 11.8 Å². The molecule has 0 radical (unpaired) electrons. The van der Waals surface area contributed by atoms with Crippen molar-refractivity contribution in [1.29, 1.82) is 0 Å². The average molecular weight is 211 g/mol. The number of carbonyl (C=O) groups excluding carboxylic acids is 1. The predicted octanol–water partition coefficient (Wildman–Crippen LogP) is 1.14. The molecular formula is C10H14FN3O. The zero-order chi connectivity index (χ0) is 11.4. The summed E-state index contributed by atoms with van der Waals surface area (Å²) >= 11 is 0. The SMILES string of the molecule is CC(C)[C@@H](N)C(=O)Nc1ccc(F)cn1. The summed E-state index contributed by atoms with van der Waals surface area (Å²) in [5.74, 6) is -0.409. The van der Waals surface area contributed by atoms with E-state index in [9.17, 15) is 9.18 Å². The van der Waals surface area contributed by atoms with Crippen LogP contribution in [-0.2, 0) is 4.79 Å². The van der Waals surface area contributed by atoms with Gasteiger partial charge in [0.2, 0.25) is 5.91 Å². The molecule has 0 saturated carbocycles. The Bertz CT molecular complexity index is 337. The largest absolute Gasteiger partial charge is 0.320 e. The molecule has 1 rings (SSSR count). The lowest BCUT2D eigenvalue weighted by Gasteiger charge is -2.14. The van der Waals surface area contributed by atoms with Crippen LogP contribution in [0.2, 0.25) is 0 Å². The van der Waals surface area contributed by atoms with Crippen LogP contribution in [0.5, 0.6) is 0 Å². The molecule has 0 fully saturated rings. The Hall–Kier alpha value is -1.49. The van der Waals surface area contributed by atoms with Gasteiger partial charge in [-0.25, -0.2) is 9.37 Å². The Morgan fingerprint density at radius 3 is 2.67 bits per heavy atom. The van der Waals surface area contributed by atoms with E-state index in [1.165, 1.54) is 12.1 Å². The van der Waals surface area contributed by atoms with Crippen LogP contribution in [0.1, 0.15) is 13.8 Å². The van der Waals surface area contributed by atoms with Gasteiger partial charge in [0.25, 0.3) is 0 Å². The van der Waals surface area contributed by atoms with E-state index in [4.69, 9.17) is 5.73 Å². The summed E-state index contributed by atoms with van der Waals surface area (Å²) in [5.41, 5.74) is 5.62. The first kappa shape index (κ1) is 11.6. The van der Waals surface area contributed by atoms with E-state index in [0.29, 0.717) is 5.82 Å². The first-order chi connectivity index (χ1) is 7.00. The van der Waals surface area contributed by atoms with Crippen molar-refractivity contribution in [3.63, 3.8) is 0 Å². The highest BCUT2D eigenvalue weighted by atomic mass is 19.1. The van der Waals surface area contributed by atoms with E-state index in [0.717, 1.165) is 6.20 Å². The highest BCUT2D eigenvalue weighted by Gasteiger charge is 2.17. The number of anilines is 1. The van der Waals surface area contributed by atoms with Gasteiger partial charge in [0.1, 0.15) is 11.6 Å². The lowest BCUT2D eigenvalue weighted by Crippen LogP contribution is -2.39. The van der Waals surface area contributed by atoms with Crippen molar-refractivity contribution in [1.82, 2.24) is 4.98 Å². The van der Waals surface area contributed by atoms with Crippen molar-refractivity contribution in [2.75, 3.05) is 5.32 Å². The number of hydrogen-bond acceptors (Lipinski definition) is 3. The Balaban J connectivity index is 2.62. The Kier molecular flexibility index (Phi) is 3.74. The highest BCUT2D eigenvalue weighted by molar-refractivity contribution is 5.93. The molecular weight excluding hydrogens is 197 g/mol. The summed E-state index contributed by atoms with van der Waals surface area (Å²) in [6.07, 6.45) is 1.04. The number of hydrogen-bond donors (Lipinski definition) is 2. The van der Waals surface area contributed by atoms with Crippen molar-refractivity contribution >= 4 is 11.7 Å². The lowest BCUT2D eigenvalue weighted by molar-refractivity contribution is -0.118. The quantitative estimate of drug-likeness (QED) is 0.787. The Labute approximate surface area is 87.7 Å². The molecule has 1 atom stereocenters. The van der Waals surface area contributed by atoms with Gasteiger partial charge in [-0.3, -0.25) is 4.79 Å². The fraction of sp³-hybridized carbons (Fsp3) is 0.400. The highest BCUT2D eigenvalue weighted by Crippen LogP contribution is 2.06. The number of halogens is 1. The molecule has 1 amide bonds. The molecule has 0 saturated heterocycles. The van der Waals surface area contributed by atoms with Crippen molar-refractivity contribution in [3.8, 4) is 0 Å². The average Bonchev–Trinajstić information content (AvgIpc) is 2.20. The molecule has 4 nitrogen and oxygen atoms in total. The van der Waals surface area contributed by atoms with Crippen molar-refractivity contribution in [2.45, 2.75) is 19.9 Å². The third-order valence-corrected chi connectivity index (χ3v) is 2.00. The molecule has 1 aromatic rings. The topological polar surface area (TPSA) is 68.0 Å². The van der Waals surface area contributed by atoms with Crippen LogP contribution in [-0.4, -0.2) is 16.9 Å². The Morgan fingerprint density at radius 1 is 1.53 bits per heavy atom. The molecule has 1 heterocycles. The maximum absolute atomic E-state index is 12.5. The summed E-state index contributed by atoms with van der Waals surface area (Å²) in [5, 5.41) is 2.51. The maximum atomic E-state index is 12.5. The van der Waals surface area contributed by atoms with Gasteiger partial charge in [0.05, 0.1) is 12.2 Å². The number of pyridine rings is 1. The molecule has 1 aromatic heterocycles. The minimum Gasteiger partial charge on any atom is -0.320 e. The van der Waals surface area contributed by atoms with Crippen LogP contribution in [0.3, 0.4) is 0 Å². The van der Waals surface area contributed by atoms with Gasteiger partial charge in [0, 0.05) is 0 Å². The zero-order valence-electron chi connectivity index (χ0n) is 8.70. The number of amides is 1. The first-order valence-corrected chi connectivity index (χ1v) is 4.68. The predicted molar refractivity (Wildman–Crippen MR) is 55.6 cm³/mol. The van der Waals surface area contributed by atoms with Gasteiger partial charge in [-0.1, -0.05) is 13.8 Å². The molecule has 0 aliphatic carbocycles. The summed E-state index contributed by atoms with van der Waals surface area (Å²) in [7, 11) is 0. The molecule has 0 bridgehead atoms. The molecule has 0 aliphatic rings. The van der Waals surface area contributed by atoms with Gasteiger partial charge in [-0.2, -0.15) is 0 Å². The van der Waals surface area contributed by atoms with Crippen LogP contribution in [0.4, 0.5) is 10.2 Å². The minimum absolute atomic E-state index is 0.0467. The number of rotatable bonds is 3. The normalized spacial score (nSPS) is 12.6. The third kappa shape index (κ3) is 3.28. The van der Waals surface area contributed by atoms with Gasteiger partial charge in [-0.05, 0) is 18.1 Å². The van der Waals surface area contributed by atoms with Gasteiger partial charge >= 0.3 is 0 Å². The fourth-order valence-corrected chi connectivity index (χ4v) is 0.962. The molecule has 82 valence electrons. The van der Waals surface area contributed by atoms with Gasteiger partial charge in [0.15, 0.2) is 0 Å². The van der Waals surface area contributed by atoms with E-state index >= 15 is 0 Å². The fourth-order valence-electron chi connectivity index (χ4n) is 0.962. The number of nitrogens with zero attached hydrogens (tertiary/aromatic N) is 1. The third-order valence-electron chi connectivity index (χ3n) is 2.00. The van der Waals surface area contributed by atoms with Crippen LogP contribution < -0.4 is 11.1 Å². The number of aromatic nitrogens is 1. The molecule has 5 heteroatoms. The molecule has 0 spiro atoms. The summed E-state index contributed by atoms with van der Waals surface area (Å²) in [6.45, 7) is 3.70. The second kappa shape index (κ2) is 4.84. The van der Waals surface area contributed by atoms with Crippen LogP contribution in [0.15, 0.2) is 18.3 Å². The minimum atomic E-state index is -0.586. The monoisotopic (exact) mass is 211 g/mol. The summed E-state index contributed by atoms with van der Waals surface area (Å²) in [6, 6.07) is 2.03. The van der Waals surface area contributed by atoms with E-state index in [1.807, 2.05) is 13.8 Å². The van der Waals surface area contributed by atoms with Crippen LogP contribution in [0.25, 0.3) is 0 Å². The smallest absolute Gasteiger partial charge is 0.242 e. The Morgan fingerprint density at radius 2 is 2.20 bits per heavy atom. The number of nitrogens with two attached hydrogens (primary N) is 1.